The maximum Gasteiger partial charge on any atom is 0.326 e. The summed E-state index contributed by atoms with van der Waals surface area (Å²) in [4.78, 5) is 26.6. The summed E-state index contributed by atoms with van der Waals surface area (Å²) >= 11 is 2.73. The summed E-state index contributed by atoms with van der Waals surface area (Å²) in [5.74, 6) is -0.692. The minimum absolute atomic E-state index is 0.379. The predicted molar refractivity (Wildman–Crippen MR) is 64.0 cm³/mol. The molecule has 0 bridgehead atoms. The van der Waals surface area contributed by atoms with Crippen molar-refractivity contribution >= 4 is 35.0 Å². The molecule has 0 aliphatic rings. The molecule has 16 heavy (non-hydrogen) atoms. The minimum Gasteiger partial charge on any atom is -0.480 e. The van der Waals surface area contributed by atoms with Gasteiger partial charge in [-0.2, -0.15) is 11.8 Å². The first-order valence-corrected chi connectivity index (χ1v) is 6.83. The summed E-state index contributed by atoms with van der Waals surface area (Å²) in [5.41, 5.74) is 1.53. The zero-order valence-electron chi connectivity index (χ0n) is 8.67. The van der Waals surface area contributed by atoms with Gasteiger partial charge in [-0.05, 0) is 18.4 Å². The Hall–Kier alpha value is -1.08. The molecule has 1 aromatic heterocycles. The second-order valence-corrected chi connectivity index (χ2v) is 4.88. The lowest BCUT2D eigenvalue weighted by molar-refractivity contribution is -0.139. The molecule has 1 atom stereocenters. The fourth-order valence-corrected chi connectivity index (χ4v) is 2.04. The van der Waals surface area contributed by atoms with Crippen molar-refractivity contribution in [2.75, 3.05) is 12.0 Å². The first-order chi connectivity index (χ1) is 7.65. The second-order valence-electron chi connectivity index (χ2n) is 3.01. The van der Waals surface area contributed by atoms with Crippen LogP contribution in [-0.2, 0) is 4.79 Å². The van der Waals surface area contributed by atoms with Crippen LogP contribution in [0.15, 0.2) is 11.7 Å². The molecule has 1 aromatic rings. The molecule has 1 amide bonds. The number of carbonyl (C=O) groups is 2. The van der Waals surface area contributed by atoms with E-state index in [9.17, 15) is 9.59 Å². The van der Waals surface area contributed by atoms with E-state index in [1.54, 1.807) is 11.8 Å². The monoisotopic (exact) mass is 260 g/mol. The number of thioether (sulfide) groups is 1. The zero-order chi connectivity index (χ0) is 12.0. The minimum atomic E-state index is -1.01. The Labute approximate surface area is 101 Å². The number of hydrogen-bond acceptors (Lipinski definition) is 5. The Bertz CT molecular complexity index is 354. The molecule has 0 saturated carbocycles. The molecule has 0 radical (unpaired) electrons. The molecule has 0 aliphatic carbocycles. The van der Waals surface area contributed by atoms with E-state index in [-0.39, 0.29) is 5.91 Å². The number of nitrogens with one attached hydrogen (secondary N) is 1. The Morgan fingerprint density at radius 3 is 2.94 bits per heavy atom. The van der Waals surface area contributed by atoms with Gasteiger partial charge in [-0.15, -0.1) is 11.3 Å². The molecule has 2 N–H and O–H groups in total. The lowest BCUT2D eigenvalue weighted by atomic mass is 10.2. The number of aromatic nitrogens is 1. The molecular formula is C9H12N2O3S2. The van der Waals surface area contributed by atoms with E-state index < -0.39 is 12.0 Å². The smallest absolute Gasteiger partial charge is 0.326 e. The molecule has 0 aromatic carbocycles. The van der Waals surface area contributed by atoms with E-state index >= 15 is 0 Å². The van der Waals surface area contributed by atoms with Crippen LogP contribution < -0.4 is 5.32 Å². The summed E-state index contributed by atoms with van der Waals surface area (Å²) in [7, 11) is 0. The highest BCUT2D eigenvalue weighted by molar-refractivity contribution is 7.98. The number of hydrogen-bond donors (Lipinski definition) is 2. The maximum absolute atomic E-state index is 11.6. The number of nitrogens with zero attached hydrogens (tertiary/aromatic N) is 1. The van der Waals surface area contributed by atoms with E-state index in [2.05, 4.69) is 10.3 Å². The van der Waals surface area contributed by atoms with Crippen molar-refractivity contribution in [2.45, 2.75) is 12.5 Å². The second kappa shape index (κ2) is 6.49. The summed E-state index contributed by atoms with van der Waals surface area (Å²) in [5, 5.41) is 11.4. The molecule has 5 nitrogen and oxygen atoms in total. The first-order valence-electron chi connectivity index (χ1n) is 4.56. The number of carbonyl (C=O) groups excluding carboxylic acids is 1. The quantitative estimate of drug-likeness (QED) is 0.800. The normalized spacial score (nSPS) is 12.1. The first kappa shape index (κ1) is 13.0. The molecule has 88 valence electrons. The Kier molecular flexibility index (Phi) is 5.27. The fraction of sp³-hybridized carbons (Fsp3) is 0.444. The van der Waals surface area contributed by atoms with E-state index in [0.29, 0.717) is 17.1 Å². The summed E-state index contributed by atoms with van der Waals surface area (Å²) in [6, 6.07) is -0.831. The molecular weight excluding hydrogens is 248 g/mol. The lowest BCUT2D eigenvalue weighted by Gasteiger charge is -2.12. The Morgan fingerprint density at radius 1 is 1.69 bits per heavy atom. The van der Waals surface area contributed by atoms with Crippen molar-refractivity contribution in [1.29, 1.82) is 0 Å². The molecule has 0 saturated heterocycles. The summed E-state index contributed by atoms with van der Waals surface area (Å²) in [6.07, 6.45) is 3.73. The van der Waals surface area contributed by atoms with Gasteiger partial charge in [-0.25, -0.2) is 4.79 Å². The number of carboxylic acids is 1. The van der Waals surface area contributed by atoms with E-state index in [0.717, 1.165) is 0 Å². The molecule has 1 rings (SSSR count). The van der Waals surface area contributed by atoms with Crippen molar-refractivity contribution in [3.05, 3.63) is 16.6 Å². The van der Waals surface area contributed by atoms with Crippen LogP contribution in [0.4, 0.5) is 0 Å². The van der Waals surface area contributed by atoms with Gasteiger partial charge in [0.15, 0.2) is 0 Å². The van der Waals surface area contributed by atoms with Gasteiger partial charge in [0, 0.05) is 0 Å². The molecule has 0 fully saturated rings. The van der Waals surface area contributed by atoms with E-state index in [1.165, 1.54) is 23.0 Å². The lowest BCUT2D eigenvalue weighted by Crippen LogP contribution is -2.40. The van der Waals surface area contributed by atoms with Crippen molar-refractivity contribution in [3.8, 4) is 0 Å². The molecule has 0 aliphatic heterocycles. The maximum atomic E-state index is 11.6. The van der Waals surface area contributed by atoms with E-state index in [4.69, 9.17) is 5.11 Å². The van der Waals surface area contributed by atoms with Gasteiger partial charge in [0.1, 0.15) is 10.9 Å². The van der Waals surface area contributed by atoms with Crippen LogP contribution in [0.3, 0.4) is 0 Å². The zero-order valence-corrected chi connectivity index (χ0v) is 10.3. The SMILES string of the molecule is CSCC[C@@H](NC(=O)c1cncs1)C(=O)O. The van der Waals surface area contributed by atoms with E-state index in [1.807, 2.05) is 6.26 Å². The number of amides is 1. The third-order valence-electron chi connectivity index (χ3n) is 1.87. The highest BCUT2D eigenvalue weighted by atomic mass is 32.2. The molecule has 0 unspecified atom stereocenters. The Morgan fingerprint density at radius 2 is 2.44 bits per heavy atom. The number of rotatable bonds is 6. The van der Waals surface area contributed by atoms with Crippen LogP contribution in [0.2, 0.25) is 0 Å². The van der Waals surface area contributed by atoms with Gasteiger partial charge in [0.2, 0.25) is 0 Å². The summed E-state index contributed by atoms with van der Waals surface area (Å²) < 4.78 is 0. The van der Waals surface area contributed by atoms with Gasteiger partial charge >= 0.3 is 5.97 Å². The highest BCUT2D eigenvalue weighted by Crippen LogP contribution is 2.07. The van der Waals surface area contributed by atoms with Crippen molar-refractivity contribution < 1.29 is 14.7 Å². The van der Waals surface area contributed by atoms with Crippen molar-refractivity contribution in [2.24, 2.45) is 0 Å². The number of aliphatic carboxylic acids is 1. The molecule has 0 spiro atoms. The van der Waals surface area contributed by atoms with Gasteiger partial charge in [0.05, 0.1) is 11.7 Å². The number of carboxylic acid groups (broad SMARTS) is 1. The predicted octanol–water partition coefficient (Wildman–Crippen LogP) is 1.08. The van der Waals surface area contributed by atoms with Crippen molar-refractivity contribution in [3.63, 3.8) is 0 Å². The van der Waals surface area contributed by atoms with Crippen LogP contribution in [0.5, 0.6) is 0 Å². The van der Waals surface area contributed by atoms with Gasteiger partial charge in [-0.1, -0.05) is 0 Å². The molecule has 7 heteroatoms. The standard InChI is InChI=1S/C9H12N2O3S2/c1-15-3-2-6(9(13)14)11-8(12)7-4-10-5-16-7/h4-6H,2-3H2,1H3,(H,11,12)(H,13,14)/t6-/m1/s1. The Balaban J connectivity index is 2.54. The van der Waals surface area contributed by atoms with Gasteiger partial charge in [0.25, 0.3) is 5.91 Å². The number of thiazole rings is 1. The highest BCUT2D eigenvalue weighted by Gasteiger charge is 2.20. The van der Waals surface area contributed by atoms with Crippen LogP contribution in [0.1, 0.15) is 16.1 Å². The summed E-state index contributed by atoms with van der Waals surface area (Å²) in [6.45, 7) is 0. The third-order valence-corrected chi connectivity index (χ3v) is 3.29. The largest absolute Gasteiger partial charge is 0.480 e. The van der Waals surface area contributed by atoms with Gasteiger partial charge in [-0.3, -0.25) is 9.78 Å². The van der Waals surface area contributed by atoms with Crippen LogP contribution in [0, 0.1) is 0 Å². The average Bonchev–Trinajstić information content (AvgIpc) is 2.76. The van der Waals surface area contributed by atoms with Crippen LogP contribution >= 0.6 is 23.1 Å². The van der Waals surface area contributed by atoms with Crippen molar-refractivity contribution in [1.82, 2.24) is 10.3 Å². The fourth-order valence-electron chi connectivity index (χ4n) is 1.05. The molecule has 1 heterocycles. The van der Waals surface area contributed by atoms with Crippen LogP contribution in [-0.4, -0.2) is 40.0 Å². The third kappa shape index (κ3) is 3.82. The topological polar surface area (TPSA) is 79.3 Å². The van der Waals surface area contributed by atoms with Gasteiger partial charge < -0.3 is 10.4 Å². The average molecular weight is 260 g/mol. The van der Waals surface area contributed by atoms with Crippen LogP contribution in [0.25, 0.3) is 0 Å².